The summed E-state index contributed by atoms with van der Waals surface area (Å²) < 4.78 is 64.8. The van der Waals surface area contributed by atoms with Gasteiger partial charge in [-0.15, -0.1) is 0 Å². The third kappa shape index (κ3) is 5.06. The fraction of sp³-hybridized carbons (Fsp3) is 0.235. The van der Waals surface area contributed by atoms with Crippen LogP contribution in [-0.4, -0.2) is 20.9 Å². The number of sulfonamides is 1. The van der Waals surface area contributed by atoms with Crippen molar-refractivity contribution in [2.45, 2.75) is 24.9 Å². The maximum atomic E-state index is 12.7. The second kappa shape index (κ2) is 7.46. The molecule has 2 aromatic carbocycles. The number of nitrogens with one attached hydrogen (secondary N) is 2. The van der Waals surface area contributed by atoms with Crippen LogP contribution in [0.3, 0.4) is 0 Å². The summed E-state index contributed by atoms with van der Waals surface area (Å²) in [5.41, 5.74) is 0.271. The first-order chi connectivity index (χ1) is 12.0. The summed E-state index contributed by atoms with van der Waals surface area (Å²) in [6.07, 6.45) is -4.54. The minimum Gasteiger partial charge on any atom is -0.325 e. The van der Waals surface area contributed by atoms with E-state index in [1.165, 1.54) is 12.1 Å². The van der Waals surface area contributed by atoms with E-state index in [0.717, 1.165) is 23.8 Å². The molecule has 0 saturated heterocycles. The Labute approximate surface area is 149 Å². The lowest BCUT2D eigenvalue weighted by Gasteiger charge is -2.12. The summed E-state index contributed by atoms with van der Waals surface area (Å²) in [6, 6.07) is 8.96. The van der Waals surface area contributed by atoms with Gasteiger partial charge in [0.25, 0.3) is 0 Å². The van der Waals surface area contributed by atoms with Gasteiger partial charge in [0.1, 0.15) is 0 Å². The van der Waals surface area contributed by atoms with Gasteiger partial charge in [-0.3, -0.25) is 4.79 Å². The molecule has 140 valence electrons. The number of carbonyl (C=O) groups is 1. The number of alkyl halides is 3. The fourth-order valence-electron chi connectivity index (χ4n) is 2.21. The highest BCUT2D eigenvalue weighted by atomic mass is 32.2. The largest absolute Gasteiger partial charge is 0.416 e. The van der Waals surface area contributed by atoms with Crippen molar-refractivity contribution in [2.24, 2.45) is 0 Å². The molecule has 0 heterocycles. The van der Waals surface area contributed by atoms with Crippen molar-refractivity contribution in [3.63, 3.8) is 0 Å². The van der Waals surface area contributed by atoms with Gasteiger partial charge in [0.15, 0.2) is 0 Å². The number of hydrogen-bond donors (Lipinski definition) is 2. The van der Waals surface area contributed by atoms with Crippen LogP contribution in [0.2, 0.25) is 0 Å². The molecule has 0 aliphatic rings. The van der Waals surface area contributed by atoms with Crippen molar-refractivity contribution in [3.05, 3.63) is 59.2 Å². The lowest BCUT2D eigenvalue weighted by molar-refractivity contribution is -0.137. The number of anilines is 1. The topological polar surface area (TPSA) is 75.3 Å². The smallest absolute Gasteiger partial charge is 0.325 e. The normalized spacial score (nSPS) is 12.0. The van der Waals surface area contributed by atoms with Gasteiger partial charge < -0.3 is 5.32 Å². The molecule has 2 N–H and O–H groups in total. The number of aryl methyl sites for hydroxylation is 2. The molecule has 0 spiro atoms. The van der Waals surface area contributed by atoms with Crippen molar-refractivity contribution < 1.29 is 26.4 Å². The Kier molecular flexibility index (Phi) is 5.72. The standard InChI is InChI=1S/C17H17F3N2O3S/c1-11-6-7-12(2)15(8-11)26(24,25)21-10-16(23)22-14-5-3-4-13(9-14)17(18,19)20/h3-9,21H,10H2,1-2H3,(H,22,23). The van der Waals surface area contributed by atoms with E-state index in [4.69, 9.17) is 0 Å². The summed E-state index contributed by atoms with van der Waals surface area (Å²) in [6.45, 7) is 2.75. The highest BCUT2D eigenvalue weighted by Gasteiger charge is 2.30. The van der Waals surface area contributed by atoms with Gasteiger partial charge in [0, 0.05) is 5.69 Å². The second-order valence-corrected chi connectivity index (χ2v) is 7.46. The van der Waals surface area contributed by atoms with Gasteiger partial charge in [-0.2, -0.15) is 13.2 Å². The van der Waals surface area contributed by atoms with Gasteiger partial charge in [-0.25, -0.2) is 13.1 Å². The molecule has 26 heavy (non-hydrogen) atoms. The number of carbonyl (C=O) groups excluding carboxylic acids is 1. The summed E-state index contributed by atoms with van der Waals surface area (Å²) in [7, 11) is -3.92. The molecular weight excluding hydrogens is 369 g/mol. The van der Waals surface area contributed by atoms with E-state index >= 15 is 0 Å². The monoisotopic (exact) mass is 386 g/mol. The van der Waals surface area contributed by atoms with Gasteiger partial charge in [-0.05, 0) is 49.2 Å². The number of amides is 1. The fourth-order valence-corrected chi connectivity index (χ4v) is 3.52. The van der Waals surface area contributed by atoms with Gasteiger partial charge in [0.05, 0.1) is 17.0 Å². The lowest BCUT2D eigenvalue weighted by atomic mass is 10.2. The Morgan fingerprint density at radius 1 is 1.08 bits per heavy atom. The van der Waals surface area contributed by atoms with Crippen molar-refractivity contribution >= 4 is 21.6 Å². The molecule has 2 rings (SSSR count). The molecule has 0 atom stereocenters. The number of benzene rings is 2. The van der Waals surface area contributed by atoms with E-state index in [1.807, 2.05) is 0 Å². The molecule has 0 aromatic heterocycles. The van der Waals surface area contributed by atoms with E-state index in [2.05, 4.69) is 10.0 Å². The van der Waals surface area contributed by atoms with Crippen LogP contribution in [0.5, 0.6) is 0 Å². The quantitative estimate of drug-likeness (QED) is 0.828. The average Bonchev–Trinajstić information content (AvgIpc) is 2.55. The Hall–Kier alpha value is -2.39. The van der Waals surface area contributed by atoms with Crippen LogP contribution >= 0.6 is 0 Å². The molecule has 0 saturated carbocycles. The Morgan fingerprint density at radius 2 is 1.77 bits per heavy atom. The summed E-state index contributed by atoms with van der Waals surface area (Å²) >= 11 is 0. The molecule has 9 heteroatoms. The lowest BCUT2D eigenvalue weighted by Crippen LogP contribution is -2.33. The van der Waals surface area contributed by atoms with Crippen LogP contribution in [0.1, 0.15) is 16.7 Å². The second-order valence-electron chi connectivity index (χ2n) is 5.72. The highest BCUT2D eigenvalue weighted by molar-refractivity contribution is 7.89. The zero-order chi connectivity index (χ0) is 19.5. The van der Waals surface area contributed by atoms with Gasteiger partial charge in [-0.1, -0.05) is 18.2 Å². The summed E-state index contributed by atoms with van der Waals surface area (Å²) in [5.74, 6) is -0.779. The first-order valence-corrected chi connectivity index (χ1v) is 9.01. The average molecular weight is 386 g/mol. The minimum atomic E-state index is -4.54. The SMILES string of the molecule is Cc1ccc(C)c(S(=O)(=O)NCC(=O)Nc2cccc(C(F)(F)F)c2)c1. The zero-order valence-corrected chi connectivity index (χ0v) is 14.8. The predicted octanol–water partition coefficient (Wildman–Crippen LogP) is 3.24. The molecule has 1 amide bonds. The summed E-state index contributed by atoms with van der Waals surface area (Å²) in [4.78, 5) is 11.9. The van der Waals surface area contributed by atoms with Crippen molar-refractivity contribution in [3.8, 4) is 0 Å². The van der Waals surface area contributed by atoms with Crippen LogP contribution in [0.15, 0.2) is 47.4 Å². The van der Waals surface area contributed by atoms with Crippen molar-refractivity contribution in [2.75, 3.05) is 11.9 Å². The Morgan fingerprint density at radius 3 is 2.42 bits per heavy atom. The number of rotatable bonds is 5. The predicted molar refractivity (Wildman–Crippen MR) is 91.2 cm³/mol. The summed E-state index contributed by atoms with van der Waals surface area (Å²) in [5, 5.41) is 2.24. The van der Waals surface area contributed by atoms with Crippen LogP contribution in [0.4, 0.5) is 18.9 Å². The van der Waals surface area contributed by atoms with E-state index in [-0.39, 0.29) is 10.6 Å². The van der Waals surface area contributed by atoms with E-state index in [1.54, 1.807) is 26.0 Å². The molecule has 0 unspecified atom stereocenters. The molecule has 0 aliphatic carbocycles. The molecule has 0 bridgehead atoms. The minimum absolute atomic E-state index is 0.0457. The maximum Gasteiger partial charge on any atom is 0.416 e. The highest BCUT2D eigenvalue weighted by Crippen LogP contribution is 2.30. The van der Waals surface area contributed by atoms with Gasteiger partial charge >= 0.3 is 6.18 Å². The third-order valence-corrected chi connectivity index (χ3v) is 5.07. The van der Waals surface area contributed by atoms with E-state index in [0.29, 0.717) is 5.56 Å². The Balaban J connectivity index is 2.06. The first kappa shape index (κ1) is 19.9. The molecule has 2 aromatic rings. The molecule has 0 radical (unpaired) electrons. The molecule has 5 nitrogen and oxygen atoms in total. The van der Waals surface area contributed by atoms with E-state index < -0.39 is 34.2 Å². The first-order valence-electron chi connectivity index (χ1n) is 7.53. The van der Waals surface area contributed by atoms with Crippen LogP contribution < -0.4 is 10.0 Å². The van der Waals surface area contributed by atoms with Crippen molar-refractivity contribution in [1.29, 1.82) is 0 Å². The number of hydrogen-bond acceptors (Lipinski definition) is 3. The zero-order valence-electron chi connectivity index (χ0n) is 14.0. The molecule has 0 fully saturated rings. The van der Waals surface area contributed by atoms with Gasteiger partial charge in [0.2, 0.25) is 15.9 Å². The van der Waals surface area contributed by atoms with Crippen LogP contribution in [-0.2, 0) is 21.0 Å². The Bertz CT molecular complexity index is 925. The van der Waals surface area contributed by atoms with Crippen molar-refractivity contribution in [1.82, 2.24) is 4.72 Å². The van der Waals surface area contributed by atoms with E-state index in [9.17, 15) is 26.4 Å². The number of halogens is 3. The molecular formula is C17H17F3N2O3S. The molecule has 0 aliphatic heterocycles. The van der Waals surface area contributed by atoms with Crippen LogP contribution in [0.25, 0.3) is 0 Å². The third-order valence-electron chi connectivity index (χ3n) is 3.53. The van der Waals surface area contributed by atoms with Crippen LogP contribution in [0, 0.1) is 13.8 Å². The maximum absolute atomic E-state index is 12.7.